The first-order valence-electron chi connectivity index (χ1n) is 4.24. The fourth-order valence-electron chi connectivity index (χ4n) is 1.24. The summed E-state index contributed by atoms with van der Waals surface area (Å²) in [6.45, 7) is 3.19. The van der Waals surface area contributed by atoms with Crippen LogP contribution in [0.3, 0.4) is 0 Å². The summed E-state index contributed by atoms with van der Waals surface area (Å²) in [7, 11) is 1.40. The minimum Gasteiger partial charge on any atom is -0.496 e. The molecule has 0 unspecified atom stereocenters. The average Bonchev–Trinajstić information content (AvgIpc) is 2.08. The first-order chi connectivity index (χ1) is 6.83. The fraction of sp³-hybridized carbons (Fsp3) is 0.400. The normalized spacial score (nSPS) is 11.3. The van der Waals surface area contributed by atoms with Crippen LogP contribution in [0.5, 0.6) is 11.5 Å². The molecule has 0 spiro atoms. The first-order valence-corrected chi connectivity index (χ1v) is 4.24. The third-order valence-corrected chi connectivity index (χ3v) is 1.90. The molecule has 0 saturated heterocycles. The second-order valence-corrected chi connectivity index (χ2v) is 3.14. The van der Waals surface area contributed by atoms with Crippen molar-refractivity contribution >= 4 is 0 Å². The van der Waals surface area contributed by atoms with Gasteiger partial charge in [0.15, 0.2) is 0 Å². The average molecular weight is 220 g/mol. The molecule has 0 N–H and O–H groups in total. The molecule has 1 rings (SSSR count). The van der Waals surface area contributed by atoms with Crippen molar-refractivity contribution < 1.29 is 22.6 Å². The van der Waals surface area contributed by atoms with Gasteiger partial charge in [-0.1, -0.05) is 0 Å². The SMILES string of the molecule is COc1cc(C)cc(OC(F)(F)F)c1C. The molecule has 0 aliphatic rings. The summed E-state index contributed by atoms with van der Waals surface area (Å²) in [5.74, 6) is 0.161. The van der Waals surface area contributed by atoms with Crippen molar-refractivity contribution in [1.29, 1.82) is 0 Å². The van der Waals surface area contributed by atoms with E-state index in [1.807, 2.05) is 0 Å². The van der Waals surface area contributed by atoms with Gasteiger partial charge in [-0.05, 0) is 31.5 Å². The van der Waals surface area contributed by atoms with E-state index in [9.17, 15) is 13.2 Å². The molecule has 1 aromatic carbocycles. The Kier molecular flexibility index (Phi) is 3.12. The molecule has 0 radical (unpaired) electrons. The van der Waals surface area contributed by atoms with Gasteiger partial charge < -0.3 is 9.47 Å². The Morgan fingerprint density at radius 2 is 1.60 bits per heavy atom. The van der Waals surface area contributed by atoms with Gasteiger partial charge in [0, 0.05) is 5.56 Å². The molecule has 0 amide bonds. The molecule has 0 aromatic heterocycles. The fourth-order valence-corrected chi connectivity index (χ4v) is 1.24. The minimum absolute atomic E-state index is 0.223. The van der Waals surface area contributed by atoms with E-state index in [1.54, 1.807) is 13.0 Å². The molecule has 15 heavy (non-hydrogen) atoms. The Labute approximate surface area is 85.6 Å². The molecule has 0 aliphatic heterocycles. The van der Waals surface area contributed by atoms with E-state index in [0.717, 1.165) is 0 Å². The Morgan fingerprint density at radius 3 is 2.07 bits per heavy atom. The summed E-state index contributed by atoms with van der Waals surface area (Å²) in [6.07, 6.45) is -4.68. The lowest BCUT2D eigenvalue weighted by molar-refractivity contribution is -0.274. The minimum atomic E-state index is -4.68. The highest BCUT2D eigenvalue weighted by atomic mass is 19.4. The van der Waals surface area contributed by atoms with Gasteiger partial charge >= 0.3 is 6.36 Å². The highest BCUT2D eigenvalue weighted by Gasteiger charge is 2.32. The van der Waals surface area contributed by atoms with Crippen molar-refractivity contribution in [1.82, 2.24) is 0 Å². The zero-order valence-electron chi connectivity index (χ0n) is 8.61. The van der Waals surface area contributed by atoms with E-state index >= 15 is 0 Å². The topological polar surface area (TPSA) is 18.5 Å². The molecule has 0 heterocycles. The van der Waals surface area contributed by atoms with E-state index < -0.39 is 6.36 Å². The maximum atomic E-state index is 12.0. The van der Waals surface area contributed by atoms with Crippen LogP contribution in [0.15, 0.2) is 12.1 Å². The van der Waals surface area contributed by atoms with Crippen molar-refractivity contribution in [3.05, 3.63) is 23.3 Å². The number of halogens is 3. The van der Waals surface area contributed by atoms with E-state index in [-0.39, 0.29) is 5.75 Å². The van der Waals surface area contributed by atoms with Crippen LogP contribution in [-0.4, -0.2) is 13.5 Å². The first kappa shape index (κ1) is 11.7. The van der Waals surface area contributed by atoms with Crippen molar-refractivity contribution in [2.24, 2.45) is 0 Å². The van der Waals surface area contributed by atoms with E-state index in [4.69, 9.17) is 4.74 Å². The maximum Gasteiger partial charge on any atom is 0.573 e. The number of hydrogen-bond acceptors (Lipinski definition) is 2. The number of hydrogen-bond donors (Lipinski definition) is 0. The maximum absolute atomic E-state index is 12.0. The van der Waals surface area contributed by atoms with E-state index in [0.29, 0.717) is 16.9 Å². The van der Waals surface area contributed by atoms with Crippen LogP contribution in [0, 0.1) is 13.8 Å². The molecule has 0 atom stereocenters. The lowest BCUT2D eigenvalue weighted by atomic mass is 10.1. The van der Waals surface area contributed by atoms with Gasteiger partial charge in [0.2, 0.25) is 0 Å². The predicted molar refractivity (Wildman–Crippen MR) is 49.2 cm³/mol. The molecular formula is C10H11F3O2. The molecule has 84 valence electrons. The Bertz CT molecular complexity index is 358. The second-order valence-electron chi connectivity index (χ2n) is 3.14. The van der Waals surface area contributed by atoms with Gasteiger partial charge in [0.1, 0.15) is 11.5 Å². The van der Waals surface area contributed by atoms with Crippen molar-refractivity contribution in [3.8, 4) is 11.5 Å². The van der Waals surface area contributed by atoms with Gasteiger partial charge in [-0.25, -0.2) is 0 Å². The second kappa shape index (κ2) is 4.00. The monoisotopic (exact) mass is 220 g/mol. The molecule has 0 aliphatic carbocycles. The third kappa shape index (κ3) is 3.04. The standard InChI is InChI=1S/C10H11F3O2/c1-6-4-8(14-3)7(2)9(5-6)15-10(11,12)13/h4-5H,1-3H3. The molecule has 0 bridgehead atoms. The largest absolute Gasteiger partial charge is 0.573 e. The molecule has 0 saturated carbocycles. The van der Waals surface area contributed by atoms with Crippen molar-refractivity contribution in [2.75, 3.05) is 7.11 Å². The molecule has 2 nitrogen and oxygen atoms in total. The van der Waals surface area contributed by atoms with Gasteiger partial charge in [-0.2, -0.15) is 0 Å². The number of rotatable bonds is 2. The zero-order valence-corrected chi connectivity index (χ0v) is 8.61. The van der Waals surface area contributed by atoms with Crippen LogP contribution >= 0.6 is 0 Å². The Morgan fingerprint density at radius 1 is 1.07 bits per heavy atom. The Balaban J connectivity index is 3.12. The molecule has 0 fully saturated rings. The predicted octanol–water partition coefficient (Wildman–Crippen LogP) is 3.21. The number of benzene rings is 1. The molecule has 1 aromatic rings. The summed E-state index contributed by atoms with van der Waals surface area (Å²) in [5.41, 5.74) is 0.983. The van der Waals surface area contributed by atoms with Crippen molar-refractivity contribution in [3.63, 3.8) is 0 Å². The summed E-state index contributed by atoms with van der Waals surface area (Å²) in [5, 5.41) is 0. The number of ether oxygens (including phenoxy) is 2. The lowest BCUT2D eigenvalue weighted by Gasteiger charge is -2.14. The van der Waals surface area contributed by atoms with Crippen LogP contribution < -0.4 is 9.47 Å². The van der Waals surface area contributed by atoms with Gasteiger partial charge in [-0.3, -0.25) is 0 Å². The highest BCUT2D eigenvalue weighted by molar-refractivity contribution is 5.46. The van der Waals surface area contributed by atoms with Crippen LogP contribution in [-0.2, 0) is 0 Å². The van der Waals surface area contributed by atoms with Crippen LogP contribution in [0.1, 0.15) is 11.1 Å². The Hall–Kier alpha value is -1.39. The smallest absolute Gasteiger partial charge is 0.496 e. The third-order valence-electron chi connectivity index (χ3n) is 1.90. The molecule has 5 heteroatoms. The number of methoxy groups -OCH3 is 1. The zero-order chi connectivity index (χ0) is 11.6. The summed E-state index contributed by atoms with van der Waals surface area (Å²) >= 11 is 0. The lowest BCUT2D eigenvalue weighted by Crippen LogP contribution is -2.18. The quantitative estimate of drug-likeness (QED) is 0.761. The number of alkyl halides is 3. The summed E-state index contributed by atoms with van der Waals surface area (Å²) < 4.78 is 44.9. The van der Waals surface area contributed by atoms with Crippen molar-refractivity contribution in [2.45, 2.75) is 20.2 Å². The van der Waals surface area contributed by atoms with Gasteiger partial charge in [0.05, 0.1) is 7.11 Å². The van der Waals surface area contributed by atoms with E-state index in [2.05, 4.69) is 4.74 Å². The summed E-state index contributed by atoms with van der Waals surface area (Å²) in [6, 6.07) is 2.98. The van der Waals surface area contributed by atoms with Crippen LogP contribution in [0.2, 0.25) is 0 Å². The van der Waals surface area contributed by atoms with Gasteiger partial charge in [0.25, 0.3) is 0 Å². The summed E-state index contributed by atoms with van der Waals surface area (Å²) in [4.78, 5) is 0. The molecular weight excluding hydrogens is 209 g/mol. The van der Waals surface area contributed by atoms with Gasteiger partial charge in [-0.15, -0.1) is 13.2 Å². The highest BCUT2D eigenvalue weighted by Crippen LogP contribution is 2.32. The number of aryl methyl sites for hydroxylation is 1. The van der Waals surface area contributed by atoms with Crippen LogP contribution in [0.25, 0.3) is 0 Å². The van der Waals surface area contributed by atoms with E-state index in [1.165, 1.54) is 20.1 Å². The van der Waals surface area contributed by atoms with Crippen LogP contribution in [0.4, 0.5) is 13.2 Å².